The molecular weight excluding hydrogens is 429 g/mol. The fourth-order valence-corrected chi connectivity index (χ4v) is 4.43. The van der Waals surface area contributed by atoms with Crippen molar-refractivity contribution in [2.24, 2.45) is 5.73 Å². The number of halogens is 3. The quantitative estimate of drug-likeness (QED) is 0.598. The van der Waals surface area contributed by atoms with E-state index in [9.17, 15) is 18.0 Å². The monoisotopic (exact) mass is 448 g/mol. The average molecular weight is 448 g/mol. The van der Waals surface area contributed by atoms with E-state index in [1.165, 1.54) is 6.07 Å². The highest BCUT2D eigenvalue weighted by molar-refractivity contribution is 7.20. The molecule has 1 aliphatic rings. The van der Waals surface area contributed by atoms with Gasteiger partial charge >= 0.3 is 0 Å². The first-order chi connectivity index (χ1) is 14.9. The van der Waals surface area contributed by atoms with Gasteiger partial charge in [0, 0.05) is 36.6 Å². The summed E-state index contributed by atoms with van der Waals surface area (Å²) in [6.07, 6.45) is 0. The predicted octanol–water partition coefficient (Wildman–Crippen LogP) is 3.90. The van der Waals surface area contributed by atoms with Crippen molar-refractivity contribution in [1.29, 1.82) is 0 Å². The van der Waals surface area contributed by atoms with Gasteiger partial charge in [0.1, 0.15) is 28.3 Å². The van der Waals surface area contributed by atoms with E-state index < -0.39 is 28.9 Å². The van der Waals surface area contributed by atoms with Crippen molar-refractivity contribution in [2.75, 3.05) is 31.6 Å². The van der Waals surface area contributed by atoms with Crippen molar-refractivity contribution in [3.63, 3.8) is 0 Å². The maximum absolute atomic E-state index is 14.2. The van der Waals surface area contributed by atoms with E-state index in [4.69, 9.17) is 10.5 Å². The first-order valence-electron chi connectivity index (χ1n) is 9.52. The highest BCUT2D eigenvalue weighted by Gasteiger charge is 2.21. The number of carbonyl (C=O) groups is 1. The second-order valence-electron chi connectivity index (χ2n) is 6.99. The number of nitrogens with one attached hydrogen (secondary N) is 1. The van der Waals surface area contributed by atoms with Gasteiger partial charge in [-0.2, -0.15) is 0 Å². The summed E-state index contributed by atoms with van der Waals surface area (Å²) in [7, 11) is 0. The molecule has 1 fully saturated rings. The normalized spacial score (nSPS) is 14.5. The lowest BCUT2D eigenvalue weighted by Gasteiger charge is -2.26. The Kier molecular flexibility index (Phi) is 6.21. The Morgan fingerprint density at radius 1 is 1.16 bits per heavy atom. The second kappa shape index (κ2) is 9.04. The van der Waals surface area contributed by atoms with Crippen LogP contribution >= 0.6 is 11.3 Å². The van der Waals surface area contributed by atoms with Gasteiger partial charge in [-0.25, -0.2) is 18.2 Å². The van der Waals surface area contributed by atoms with Crippen LogP contribution in [0.25, 0.3) is 10.4 Å². The number of nitrogens with zero attached hydrogens (tertiary/aromatic N) is 2. The van der Waals surface area contributed by atoms with E-state index in [1.807, 2.05) is 12.1 Å². The molecular formula is C21H19F3N4O2S. The largest absolute Gasteiger partial charge is 0.379 e. The first-order valence-corrected chi connectivity index (χ1v) is 10.3. The zero-order chi connectivity index (χ0) is 22.0. The van der Waals surface area contributed by atoms with Crippen LogP contribution in [-0.2, 0) is 11.3 Å². The van der Waals surface area contributed by atoms with Crippen molar-refractivity contribution in [1.82, 2.24) is 9.88 Å². The summed E-state index contributed by atoms with van der Waals surface area (Å²) in [5.74, 6) is -3.46. The summed E-state index contributed by atoms with van der Waals surface area (Å²) in [5, 5.41) is 3.31. The lowest BCUT2D eigenvalue weighted by molar-refractivity contribution is 0.0337. The number of primary amides is 1. The number of morpholine rings is 1. The van der Waals surface area contributed by atoms with Crippen LogP contribution in [0.3, 0.4) is 0 Å². The number of aromatic nitrogens is 1. The molecule has 3 aromatic rings. The lowest BCUT2D eigenvalue weighted by Crippen LogP contribution is -2.35. The van der Waals surface area contributed by atoms with Gasteiger partial charge in [-0.15, -0.1) is 11.3 Å². The molecule has 6 nitrogen and oxygen atoms in total. The number of carbonyl (C=O) groups excluding carboxylic acids is 1. The highest BCUT2D eigenvalue weighted by atomic mass is 32.1. The van der Waals surface area contributed by atoms with Crippen LogP contribution < -0.4 is 11.1 Å². The minimum absolute atomic E-state index is 0.0588. The molecule has 0 spiro atoms. The standard InChI is InChI=1S/C21H19F3N4O2S/c22-12-8-15(23)19(16(24)9-12)17-10-14(20(25)29)21(31-17)27-18-3-1-2-13(26-18)11-28-4-6-30-7-5-28/h1-3,8-10H,4-7,11H2,(H2,25,29)(H,26,27). The number of anilines is 2. The first kappa shape index (κ1) is 21.3. The number of amides is 1. The van der Waals surface area contributed by atoms with Crippen LogP contribution in [0.2, 0.25) is 0 Å². The molecule has 1 saturated heterocycles. The number of benzene rings is 1. The van der Waals surface area contributed by atoms with E-state index in [0.717, 1.165) is 30.1 Å². The SMILES string of the molecule is NC(=O)c1cc(-c2c(F)cc(F)cc2F)sc1Nc1cccc(CN2CCOCC2)n1. The number of nitrogens with two attached hydrogens (primary N) is 1. The maximum atomic E-state index is 14.2. The molecule has 162 valence electrons. The summed E-state index contributed by atoms with van der Waals surface area (Å²) in [6, 6.07) is 7.89. The highest BCUT2D eigenvalue weighted by Crippen LogP contribution is 2.39. The van der Waals surface area contributed by atoms with Crippen LogP contribution in [-0.4, -0.2) is 42.1 Å². The Labute approximate surface area is 180 Å². The minimum atomic E-state index is -1.06. The van der Waals surface area contributed by atoms with E-state index >= 15 is 0 Å². The molecule has 3 heterocycles. The molecule has 1 aliphatic heterocycles. The summed E-state index contributed by atoms with van der Waals surface area (Å²) in [5.41, 5.74) is 5.91. The molecule has 0 atom stereocenters. The molecule has 0 radical (unpaired) electrons. The van der Waals surface area contributed by atoms with Crippen LogP contribution in [0.5, 0.6) is 0 Å². The number of rotatable bonds is 6. The molecule has 4 rings (SSSR count). The average Bonchev–Trinajstić information content (AvgIpc) is 3.12. The molecule has 10 heteroatoms. The van der Waals surface area contributed by atoms with Gasteiger partial charge in [-0.3, -0.25) is 9.69 Å². The third-order valence-corrected chi connectivity index (χ3v) is 5.86. The zero-order valence-corrected chi connectivity index (χ0v) is 17.1. The van der Waals surface area contributed by atoms with Gasteiger partial charge in [-0.05, 0) is 18.2 Å². The van der Waals surface area contributed by atoms with Gasteiger partial charge in [0.05, 0.1) is 30.0 Å². The van der Waals surface area contributed by atoms with Gasteiger partial charge in [0.2, 0.25) is 0 Å². The van der Waals surface area contributed by atoms with Gasteiger partial charge in [0.25, 0.3) is 5.91 Å². The molecule has 0 saturated carbocycles. The van der Waals surface area contributed by atoms with E-state index in [1.54, 1.807) is 6.07 Å². The number of hydrogen-bond donors (Lipinski definition) is 2. The van der Waals surface area contributed by atoms with Crippen LogP contribution in [0.15, 0.2) is 36.4 Å². The molecule has 0 unspecified atom stereocenters. The topological polar surface area (TPSA) is 80.5 Å². The van der Waals surface area contributed by atoms with Gasteiger partial charge in [0.15, 0.2) is 0 Å². The number of hydrogen-bond acceptors (Lipinski definition) is 6. The Morgan fingerprint density at radius 3 is 2.55 bits per heavy atom. The van der Waals surface area contributed by atoms with E-state index in [2.05, 4.69) is 15.2 Å². The number of thiophene rings is 1. The van der Waals surface area contributed by atoms with Crippen LogP contribution in [0, 0.1) is 17.5 Å². The van der Waals surface area contributed by atoms with Crippen molar-refractivity contribution in [3.05, 3.63) is 65.1 Å². The third kappa shape index (κ3) is 4.87. The summed E-state index contributed by atoms with van der Waals surface area (Å²) < 4.78 is 47.0. The summed E-state index contributed by atoms with van der Waals surface area (Å²) in [6.45, 7) is 3.62. The van der Waals surface area contributed by atoms with Gasteiger partial charge < -0.3 is 15.8 Å². The molecule has 0 aliphatic carbocycles. The predicted molar refractivity (Wildman–Crippen MR) is 112 cm³/mol. The fraction of sp³-hybridized carbons (Fsp3) is 0.238. The van der Waals surface area contributed by atoms with Crippen molar-refractivity contribution >= 4 is 28.1 Å². The molecule has 0 bridgehead atoms. The molecule has 2 aromatic heterocycles. The van der Waals surface area contributed by atoms with Crippen molar-refractivity contribution in [3.8, 4) is 10.4 Å². The Balaban J connectivity index is 1.62. The van der Waals surface area contributed by atoms with Crippen LogP contribution in [0.4, 0.5) is 24.0 Å². The van der Waals surface area contributed by atoms with E-state index in [0.29, 0.717) is 42.7 Å². The lowest BCUT2D eigenvalue weighted by atomic mass is 10.1. The van der Waals surface area contributed by atoms with Crippen LogP contribution in [0.1, 0.15) is 16.1 Å². The molecule has 1 amide bonds. The third-order valence-electron chi connectivity index (χ3n) is 4.79. The number of ether oxygens (including phenoxy) is 1. The second-order valence-corrected chi connectivity index (χ2v) is 8.04. The number of pyridine rings is 1. The van der Waals surface area contributed by atoms with E-state index in [-0.39, 0.29) is 10.4 Å². The minimum Gasteiger partial charge on any atom is -0.379 e. The molecule has 31 heavy (non-hydrogen) atoms. The Hall–Kier alpha value is -2.95. The van der Waals surface area contributed by atoms with Gasteiger partial charge in [-0.1, -0.05) is 6.07 Å². The Bertz CT molecular complexity index is 1090. The maximum Gasteiger partial charge on any atom is 0.251 e. The summed E-state index contributed by atoms with van der Waals surface area (Å²) >= 11 is 0.930. The molecule has 1 aromatic carbocycles. The summed E-state index contributed by atoms with van der Waals surface area (Å²) in [4.78, 5) is 18.8. The fourth-order valence-electron chi connectivity index (χ4n) is 3.31. The molecule has 3 N–H and O–H groups in total. The smallest absolute Gasteiger partial charge is 0.251 e. The van der Waals surface area contributed by atoms with Crippen molar-refractivity contribution in [2.45, 2.75) is 6.54 Å². The zero-order valence-electron chi connectivity index (χ0n) is 16.3. The van der Waals surface area contributed by atoms with Crippen molar-refractivity contribution < 1.29 is 22.7 Å². The Morgan fingerprint density at radius 2 is 1.87 bits per heavy atom.